The second-order valence-electron chi connectivity index (χ2n) is 4.88. The molecule has 0 aliphatic carbocycles. The number of likely N-dealkylation sites (N-methyl/N-ethyl adjacent to an activating group) is 1. The third-order valence-corrected chi connectivity index (χ3v) is 3.18. The maximum Gasteiger partial charge on any atom is 0.433 e. The van der Waals surface area contributed by atoms with Gasteiger partial charge in [-0.2, -0.15) is 13.2 Å². The molecule has 3 N–H and O–H groups in total. The molecule has 1 aliphatic heterocycles. The Hall–Kier alpha value is -1.41. The first-order chi connectivity index (χ1) is 9.41. The quantitative estimate of drug-likeness (QED) is 0.816. The van der Waals surface area contributed by atoms with Gasteiger partial charge in [0.05, 0.1) is 5.69 Å². The van der Waals surface area contributed by atoms with Crippen molar-refractivity contribution in [1.29, 1.82) is 0 Å². The average molecular weight is 289 g/mol. The van der Waals surface area contributed by atoms with Crippen LogP contribution in [0.1, 0.15) is 23.4 Å². The first kappa shape index (κ1) is 15.0. The lowest BCUT2D eigenvalue weighted by Gasteiger charge is -2.26. The largest absolute Gasteiger partial charge is 0.433 e. The Labute approximate surface area is 115 Å². The van der Waals surface area contributed by atoms with E-state index in [1.54, 1.807) is 7.05 Å². The van der Waals surface area contributed by atoms with Crippen molar-refractivity contribution in [1.82, 2.24) is 14.9 Å². The molecule has 2 rings (SSSR count). The summed E-state index contributed by atoms with van der Waals surface area (Å²) in [4.78, 5) is 9.69. The van der Waals surface area contributed by atoms with Crippen LogP contribution in [0.15, 0.2) is 0 Å². The number of alkyl halides is 3. The van der Waals surface area contributed by atoms with Gasteiger partial charge in [0.25, 0.3) is 0 Å². The van der Waals surface area contributed by atoms with Gasteiger partial charge in [0.1, 0.15) is 0 Å². The highest BCUT2D eigenvalue weighted by Crippen LogP contribution is 2.34. The molecule has 1 aromatic rings. The average Bonchev–Trinajstić information content (AvgIpc) is 2.37. The lowest BCUT2D eigenvalue weighted by molar-refractivity contribution is -0.142. The molecule has 1 aliphatic rings. The van der Waals surface area contributed by atoms with Crippen molar-refractivity contribution in [2.75, 3.05) is 32.0 Å². The van der Waals surface area contributed by atoms with E-state index in [2.05, 4.69) is 15.3 Å². The summed E-state index contributed by atoms with van der Waals surface area (Å²) in [6, 6.07) is 0. The number of nitrogens with two attached hydrogens (primary N) is 1. The third-order valence-electron chi connectivity index (χ3n) is 3.18. The molecule has 1 aromatic heterocycles. The van der Waals surface area contributed by atoms with Crippen LogP contribution in [0.5, 0.6) is 0 Å². The molecule has 0 spiro atoms. The van der Waals surface area contributed by atoms with Crippen LogP contribution in [0.25, 0.3) is 0 Å². The van der Waals surface area contributed by atoms with Gasteiger partial charge < -0.3 is 16.0 Å². The van der Waals surface area contributed by atoms with Crippen LogP contribution in [0.4, 0.5) is 19.1 Å². The highest BCUT2D eigenvalue weighted by molar-refractivity contribution is 5.37. The Morgan fingerprint density at radius 2 is 2.10 bits per heavy atom. The minimum Gasteiger partial charge on any atom is -0.354 e. The van der Waals surface area contributed by atoms with Gasteiger partial charge in [-0.05, 0) is 20.0 Å². The zero-order valence-corrected chi connectivity index (χ0v) is 11.3. The van der Waals surface area contributed by atoms with Crippen molar-refractivity contribution in [3.05, 3.63) is 17.0 Å². The summed E-state index contributed by atoms with van der Waals surface area (Å²) in [5.74, 6) is 0.0362. The van der Waals surface area contributed by atoms with Gasteiger partial charge in [0.15, 0.2) is 5.69 Å². The van der Waals surface area contributed by atoms with Gasteiger partial charge in [-0.3, -0.25) is 0 Å². The van der Waals surface area contributed by atoms with Crippen molar-refractivity contribution in [3.63, 3.8) is 0 Å². The van der Waals surface area contributed by atoms with Crippen molar-refractivity contribution >= 4 is 5.95 Å². The van der Waals surface area contributed by atoms with Crippen LogP contribution < -0.4 is 11.1 Å². The molecule has 0 unspecified atom stereocenters. The molecule has 8 heteroatoms. The Balaban J connectivity index is 2.34. The number of aromatic nitrogens is 2. The summed E-state index contributed by atoms with van der Waals surface area (Å²) < 4.78 is 39.3. The SMILES string of the molecule is CN1CCc2nc(NCCCN)nc(C(F)(F)F)c2C1. The van der Waals surface area contributed by atoms with Crippen LogP contribution >= 0.6 is 0 Å². The van der Waals surface area contributed by atoms with E-state index in [9.17, 15) is 13.2 Å². The second-order valence-corrected chi connectivity index (χ2v) is 4.88. The van der Waals surface area contributed by atoms with Crippen molar-refractivity contribution < 1.29 is 13.2 Å². The van der Waals surface area contributed by atoms with E-state index in [1.165, 1.54) is 0 Å². The topological polar surface area (TPSA) is 67.1 Å². The van der Waals surface area contributed by atoms with Crippen LogP contribution in [-0.4, -0.2) is 41.5 Å². The maximum atomic E-state index is 13.1. The van der Waals surface area contributed by atoms with E-state index in [4.69, 9.17) is 5.73 Å². The summed E-state index contributed by atoms with van der Waals surface area (Å²) in [6.45, 7) is 1.86. The lowest BCUT2D eigenvalue weighted by Crippen LogP contribution is -2.31. The van der Waals surface area contributed by atoms with Crippen LogP contribution in [0.2, 0.25) is 0 Å². The minimum absolute atomic E-state index is 0.0362. The van der Waals surface area contributed by atoms with E-state index in [0.717, 1.165) is 0 Å². The smallest absolute Gasteiger partial charge is 0.354 e. The van der Waals surface area contributed by atoms with E-state index in [-0.39, 0.29) is 18.1 Å². The number of halogens is 3. The number of hydrogen-bond acceptors (Lipinski definition) is 5. The number of anilines is 1. The molecule has 112 valence electrons. The van der Waals surface area contributed by atoms with Gasteiger partial charge in [0.2, 0.25) is 5.95 Å². The molecule has 0 atom stereocenters. The Bertz CT molecular complexity index is 475. The second kappa shape index (κ2) is 5.92. The maximum absolute atomic E-state index is 13.1. The monoisotopic (exact) mass is 289 g/mol. The summed E-state index contributed by atoms with van der Waals surface area (Å²) >= 11 is 0. The molecule has 20 heavy (non-hydrogen) atoms. The van der Waals surface area contributed by atoms with Gasteiger partial charge in [-0.15, -0.1) is 0 Å². The molecule has 0 amide bonds. The van der Waals surface area contributed by atoms with E-state index < -0.39 is 11.9 Å². The Morgan fingerprint density at radius 3 is 2.75 bits per heavy atom. The van der Waals surface area contributed by atoms with Gasteiger partial charge in [-0.1, -0.05) is 0 Å². The molecule has 5 nitrogen and oxygen atoms in total. The molecule has 0 bridgehead atoms. The highest BCUT2D eigenvalue weighted by Gasteiger charge is 2.38. The molecule has 0 radical (unpaired) electrons. The fourth-order valence-corrected chi connectivity index (χ4v) is 2.16. The number of rotatable bonds is 4. The van der Waals surface area contributed by atoms with Gasteiger partial charge >= 0.3 is 6.18 Å². The molecular weight excluding hydrogens is 271 g/mol. The summed E-state index contributed by atoms with van der Waals surface area (Å²) in [6.07, 6.45) is -3.30. The number of hydrogen-bond donors (Lipinski definition) is 2. The Morgan fingerprint density at radius 1 is 1.35 bits per heavy atom. The van der Waals surface area contributed by atoms with E-state index in [1.807, 2.05) is 4.90 Å². The molecule has 0 saturated carbocycles. The van der Waals surface area contributed by atoms with Gasteiger partial charge in [-0.25, -0.2) is 9.97 Å². The van der Waals surface area contributed by atoms with Crippen LogP contribution in [0, 0.1) is 0 Å². The third kappa shape index (κ3) is 3.37. The number of nitrogens with one attached hydrogen (secondary N) is 1. The summed E-state index contributed by atoms with van der Waals surface area (Å²) in [7, 11) is 1.79. The predicted octanol–water partition coefficient (Wildman–Crippen LogP) is 1.24. The first-order valence-electron chi connectivity index (χ1n) is 6.51. The molecule has 2 heterocycles. The number of fused-ring (bicyclic) bond motifs is 1. The minimum atomic E-state index is -4.46. The Kier molecular flexibility index (Phi) is 4.44. The fourth-order valence-electron chi connectivity index (χ4n) is 2.16. The number of nitrogens with zero attached hydrogens (tertiary/aromatic N) is 3. The molecule has 0 fully saturated rings. The zero-order valence-electron chi connectivity index (χ0n) is 11.3. The lowest BCUT2D eigenvalue weighted by atomic mass is 10.0. The molecule has 0 aromatic carbocycles. The summed E-state index contributed by atoms with van der Waals surface area (Å²) in [5, 5.41) is 2.80. The standard InChI is InChI=1S/C12H18F3N5/c1-20-6-3-9-8(7-20)10(12(13,14)15)19-11(18-9)17-5-2-4-16/h2-7,16H2,1H3,(H,17,18,19). The molecule has 0 saturated heterocycles. The molecular formula is C12H18F3N5. The van der Waals surface area contributed by atoms with Crippen molar-refractivity contribution in [2.45, 2.75) is 25.6 Å². The van der Waals surface area contributed by atoms with Crippen molar-refractivity contribution in [2.24, 2.45) is 5.73 Å². The highest BCUT2D eigenvalue weighted by atomic mass is 19.4. The first-order valence-corrected chi connectivity index (χ1v) is 6.51. The van der Waals surface area contributed by atoms with Gasteiger partial charge in [0, 0.05) is 31.6 Å². The van der Waals surface area contributed by atoms with Crippen molar-refractivity contribution in [3.8, 4) is 0 Å². The van der Waals surface area contributed by atoms with E-state index in [0.29, 0.717) is 38.2 Å². The normalized spacial score (nSPS) is 16.1. The summed E-state index contributed by atoms with van der Waals surface area (Å²) in [5.41, 5.74) is 5.20. The van der Waals surface area contributed by atoms with Crippen LogP contribution in [-0.2, 0) is 19.1 Å². The van der Waals surface area contributed by atoms with E-state index >= 15 is 0 Å². The zero-order chi connectivity index (χ0) is 14.8. The predicted molar refractivity (Wildman–Crippen MR) is 69.2 cm³/mol. The van der Waals surface area contributed by atoms with Crippen LogP contribution in [0.3, 0.4) is 0 Å². The fraction of sp³-hybridized carbons (Fsp3) is 0.667.